The number of aliphatic carboxylic acids is 1. The highest BCUT2D eigenvalue weighted by Crippen LogP contribution is 2.21. The van der Waals surface area contributed by atoms with Crippen molar-refractivity contribution in [2.75, 3.05) is 26.2 Å². The van der Waals surface area contributed by atoms with Gasteiger partial charge in [0.1, 0.15) is 12.6 Å². The molecule has 14 heteroatoms. The Balaban J connectivity index is 1.58. The summed E-state index contributed by atoms with van der Waals surface area (Å²) in [5.41, 5.74) is 6.07. The number of fused-ring (bicyclic) bond motifs is 1. The van der Waals surface area contributed by atoms with Crippen molar-refractivity contribution in [1.82, 2.24) is 19.8 Å². The highest BCUT2D eigenvalue weighted by molar-refractivity contribution is 7.89. The van der Waals surface area contributed by atoms with Crippen LogP contribution < -0.4 is 15.8 Å². The topological polar surface area (TPSA) is 186 Å². The van der Waals surface area contributed by atoms with Gasteiger partial charge in [0.05, 0.1) is 11.3 Å². The molecule has 0 radical (unpaired) electrons. The molecule has 234 valence electrons. The monoisotopic (exact) mass is 642 g/mol. The van der Waals surface area contributed by atoms with Crippen LogP contribution in [-0.4, -0.2) is 79.3 Å². The first-order valence-electron chi connectivity index (χ1n) is 14.0. The molecule has 0 spiro atoms. The zero-order chi connectivity index (χ0) is 31.9. The number of hydrogen-bond acceptors (Lipinski definition) is 6. The zero-order valence-corrected chi connectivity index (χ0v) is 25.5. The van der Waals surface area contributed by atoms with Crippen LogP contribution in [-0.2, 0) is 31.0 Å². The number of guanidine groups is 1. The number of nitrogens with two attached hydrogens (primary N) is 1. The maximum atomic E-state index is 13.8. The number of carboxylic acid groups (broad SMARTS) is 1. The number of piperidine rings is 1. The van der Waals surface area contributed by atoms with E-state index in [1.54, 1.807) is 47.4 Å². The first kappa shape index (κ1) is 32.7. The van der Waals surface area contributed by atoms with Gasteiger partial charge in [-0.05, 0) is 53.3 Å². The Labute approximate surface area is 260 Å². The fraction of sp³-hybridized carbons (Fsp3) is 0.333. The number of nitrogens with one attached hydrogen (secondary N) is 3. The van der Waals surface area contributed by atoms with Crippen molar-refractivity contribution in [3.8, 4) is 0 Å². The molecule has 0 bridgehead atoms. The summed E-state index contributed by atoms with van der Waals surface area (Å²) in [4.78, 5) is 41.3. The molecule has 1 heterocycles. The van der Waals surface area contributed by atoms with E-state index in [0.29, 0.717) is 29.1 Å². The second-order valence-corrected chi connectivity index (χ2v) is 12.8. The SMILES string of the molecule is N=C(N)N1CCC[C@@H](CNC(=O)C[C@H](NS(=O)(=O)c2ccc3ccccc3c2)C(=O)N(CC(=O)O)Cc2ccccc2Cl)C1. The Kier molecular flexibility index (Phi) is 10.8. The van der Waals surface area contributed by atoms with Crippen LogP contribution in [0.1, 0.15) is 24.8 Å². The molecule has 6 N–H and O–H groups in total. The Hall–Kier alpha value is -4.20. The van der Waals surface area contributed by atoms with E-state index in [4.69, 9.17) is 22.7 Å². The van der Waals surface area contributed by atoms with Gasteiger partial charge >= 0.3 is 5.97 Å². The van der Waals surface area contributed by atoms with Crippen LogP contribution in [0, 0.1) is 11.3 Å². The van der Waals surface area contributed by atoms with Gasteiger partial charge in [0.15, 0.2) is 5.96 Å². The number of hydrogen-bond donors (Lipinski definition) is 5. The molecule has 3 aromatic rings. The van der Waals surface area contributed by atoms with Crippen LogP contribution in [0.2, 0.25) is 5.02 Å². The lowest BCUT2D eigenvalue weighted by Gasteiger charge is -2.33. The van der Waals surface area contributed by atoms with Crippen LogP contribution in [0.4, 0.5) is 0 Å². The van der Waals surface area contributed by atoms with Crippen molar-refractivity contribution in [1.29, 1.82) is 5.41 Å². The third-order valence-corrected chi connectivity index (χ3v) is 9.26. The van der Waals surface area contributed by atoms with Gasteiger partial charge in [-0.25, -0.2) is 8.42 Å². The molecule has 0 unspecified atom stereocenters. The fourth-order valence-electron chi connectivity index (χ4n) is 5.16. The second kappa shape index (κ2) is 14.5. The largest absolute Gasteiger partial charge is 0.480 e. The van der Waals surface area contributed by atoms with E-state index < -0.39 is 46.8 Å². The number of sulfonamides is 1. The number of carbonyl (C=O) groups is 3. The predicted octanol–water partition coefficient (Wildman–Crippen LogP) is 2.37. The van der Waals surface area contributed by atoms with E-state index in [-0.39, 0.29) is 29.9 Å². The van der Waals surface area contributed by atoms with Crippen molar-refractivity contribution in [2.45, 2.75) is 36.7 Å². The van der Waals surface area contributed by atoms with Gasteiger partial charge in [0.2, 0.25) is 21.8 Å². The molecular formula is C30H35ClN6O6S. The maximum Gasteiger partial charge on any atom is 0.323 e. The van der Waals surface area contributed by atoms with Crippen molar-refractivity contribution < 1.29 is 27.9 Å². The lowest BCUT2D eigenvalue weighted by molar-refractivity contribution is -0.146. The Morgan fingerprint density at radius 3 is 2.50 bits per heavy atom. The van der Waals surface area contributed by atoms with E-state index in [1.807, 2.05) is 12.1 Å². The van der Waals surface area contributed by atoms with Crippen molar-refractivity contribution in [2.24, 2.45) is 11.7 Å². The van der Waals surface area contributed by atoms with Gasteiger partial charge in [-0.3, -0.25) is 19.8 Å². The molecule has 0 aliphatic carbocycles. The minimum absolute atomic E-state index is 0.00349. The summed E-state index contributed by atoms with van der Waals surface area (Å²) < 4.78 is 29.5. The Bertz CT molecular complexity index is 1650. The van der Waals surface area contributed by atoms with Crippen LogP contribution >= 0.6 is 11.6 Å². The first-order chi connectivity index (χ1) is 20.9. The fourth-order valence-corrected chi connectivity index (χ4v) is 6.58. The van der Waals surface area contributed by atoms with E-state index in [0.717, 1.165) is 23.1 Å². The lowest BCUT2D eigenvalue weighted by Crippen LogP contribution is -2.52. The van der Waals surface area contributed by atoms with Gasteiger partial charge < -0.3 is 26.0 Å². The number of benzene rings is 3. The smallest absolute Gasteiger partial charge is 0.323 e. The molecule has 0 aromatic heterocycles. The molecule has 1 aliphatic heterocycles. The summed E-state index contributed by atoms with van der Waals surface area (Å²) in [5.74, 6) is -2.86. The van der Waals surface area contributed by atoms with Gasteiger partial charge in [0, 0.05) is 31.2 Å². The van der Waals surface area contributed by atoms with E-state index in [9.17, 15) is 27.9 Å². The predicted molar refractivity (Wildman–Crippen MR) is 166 cm³/mol. The van der Waals surface area contributed by atoms with E-state index in [1.165, 1.54) is 12.1 Å². The van der Waals surface area contributed by atoms with E-state index >= 15 is 0 Å². The summed E-state index contributed by atoms with van der Waals surface area (Å²) in [6.07, 6.45) is 1.01. The van der Waals surface area contributed by atoms with Crippen LogP contribution in [0.3, 0.4) is 0 Å². The molecular weight excluding hydrogens is 608 g/mol. The quantitative estimate of drug-likeness (QED) is 0.147. The normalized spacial score (nSPS) is 15.8. The Morgan fingerprint density at radius 2 is 1.80 bits per heavy atom. The summed E-state index contributed by atoms with van der Waals surface area (Å²) in [6.45, 7) is 0.403. The molecule has 0 saturated carbocycles. The van der Waals surface area contributed by atoms with Crippen molar-refractivity contribution in [3.63, 3.8) is 0 Å². The summed E-state index contributed by atoms with van der Waals surface area (Å²) in [6, 6.07) is 16.6. The standard InChI is InChI=1S/C30H35ClN6O6S/c31-25-10-4-3-9-23(25)18-37(19-28(39)40)29(41)26(15-27(38)34-16-20-6-5-13-36(17-20)30(32)33)35-44(42,43)24-12-11-21-7-1-2-8-22(21)14-24/h1-4,7-12,14,20,26,35H,5-6,13,15-19H2,(H3,32,33)(H,34,38)(H,39,40)/t20-,26-/m0/s1. The van der Waals surface area contributed by atoms with Gasteiger partial charge in [0.25, 0.3) is 0 Å². The molecule has 1 aliphatic rings. The molecule has 1 fully saturated rings. The first-order valence-corrected chi connectivity index (χ1v) is 15.9. The molecule has 2 amide bonds. The van der Waals surface area contributed by atoms with Crippen LogP contribution in [0.25, 0.3) is 10.8 Å². The number of carboxylic acids is 1. The minimum atomic E-state index is -4.33. The highest BCUT2D eigenvalue weighted by atomic mass is 35.5. The van der Waals surface area contributed by atoms with Crippen LogP contribution in [0.5, 0.6) is 0 Å². The Morgan fingerprint density at radius 1 is 1.09 bits per heavy atom. The molecule has 2 atom stereocenters. The number of carbonyl (C=O) groups excluding carboxylic acids is 2. The average Bonchev–Trinajstić information content (AvgIpc) is 2.99. The zero-order valence-electron chi connectivity index (χ0n) is 23.9. The van der Waals surface area contributed by atoms with Gasteiger partial charge in [-0.1, -0.05) is 60.1 Å². The van der Waals surface area contributed by atoms with Gasteiger partial charge in [-0.15, -0.1) is 0 Å². The highest BCUT2D eigenvalue weighted by Gasteiger charge is 2.33. The third-order valence-electron chi connectivity index (χ3n) is 7.42. The summed E-state index contributed by atoms with van der Waals surface area (Å²) >= 11 is 6.27. The maximum absolute atomic E-state index is 13.8. The molecule has 1 saturated heterocycles. The number of nitrogens with zero attached hydrogens (tertiary/aromatic N) is 2. The minimum Gasteiger partial charge on any atom is -0.480 e. The molecule has 12 nitrogen and oxygen atoms in total. The molecule has 44 heavy (non-hydrogen) atoms. The average molecular weight is 643 g/mol. The summed E-state index contributed by atoms with van der Waals surface area (Å²) in [5, 5.41) is 21.8. The lowest BCUT2D eigenvalue weighted by atomic mass is 9.98. The van der Waals surface area contributed by atoms with E-state index in [2.05, 4.69) is 10.0 Å². The number of halogens is 1. The number of rotatable bonds is 12. The van der Waals surface area contributed by atoms with Crippen molar-refractivity contribution >= 4 is 56.1 Å². The van der Waals surface area contributed by atoms with Gasteiger partial charge in [-0.2, -0.15) is 4.72 Å². The number of amides is 2. The second-order valence-electron chi connectivity index (χ2n) is 10.7. The van der Waals surface area contributed by atoms with Crippen LogP contribution in [0.15, 0.2) is 71.6 Å². The molecule has 3 aromatic carbocycles. The third kappa shape index (κ3) is 8.68. The number of likely N-dealkylation sites (tertiary alicyclic amines) is 1. The summed E-state index contributed by atoms with van der Waals surface area (Å²) in [7, 11) is -4.33. The molecule has 4 rings (SSSR count). The van der Waals surface area contributed by atoms with Crippen molar-refractivity contribution in [3.05, 3.63) is 77.3 Å².